The van der Waals surface area contributed by atoms with Gasteiger partial charge in [-0.05, 0) is 36.8 Å². The zero-order valence-electron chi connectivity index (χ0n) is 10.4. The predicted molar refractivity (Wildman–Crippen MR) is 77.9 cm³/mol. The van der Waals surface area contributed by atoms with Crippen LogP contribution in [0.4, 0.5) is 10.1 Å². The summed E-state index contributed by atoms with van der Waals surface area (Å²) in [4.78, 5) is 6.39. The fourth-order valence-corrected chi connectivity index (χ4v) is 2.55. The molecular weight excluding hydrogens is 307 g/mol. The van der Waals surface area contributed by atoms with Crippen molar-refractivity contribution in [3.63, 3.8) is 0 Å². The Morgan fingerprint density at radius 2 is 2.00 bits per heavy atom. The fraction of sp³-hybridized carbons (Fsp3) is 0.133. The predicted octanol–water partition coefficient (Wildman–Crippen LogP) is 2.73. The highest BCUT2D eigenvalue weighted by Gasteiger charge is 2.11. The van der Waals surface area contributed by atoms with Crippen molar-refractivity contribution in [2.75, 3.05) is 11.6 Å². The van der Waals surface area contributed by atoms with Gasteiger partial charge in [0.1, 0.15) is 12.5 Å². The van der Waals surface area contributed by atoms with Gasteiger partial charge in [-0.1, -0.05) is 28.1 Å². The molecule has 2 aromatic carbocycles. The van der Waals surface area contributed by atoms with Gasteiger partial charge in [0.25, 0.3) is 0 Å². The van der Waals surface area contributed by atoms with E-state index < -0.39 is 0 Å². The second-order valence-corrected chi connectivity index (χ2v) is 5.31. The van der Waals surface area contributed by atoms with E-state index in [1.165, 1.54) is 6.07 Å². The van der Waals surface area contributed by atoms with Crippen LogP contribution in [0.15, 0.2) is 45.9 Å². The van der Waals surface area contributed by atoms with Gasteiger partial charge < -0.3 is 4.90 Å². The average Bonchev–Trinajstić information content (AvgIpc) is 2.42. The van der Waals surface area contributed by atoms with Gasteiger partial charge in [0.05, 0.1) is 10.6 Å². The third-order valence-corrected chi connectivity index (χ3v) is 4.12. The van der Waals surface area contributed by atoms with Crippen LogP contribution in [0.25, 0.3) is 6.20 Å². The van der Waals surface area contributed by atoms with Crippen molar-refractivity contribution >= 4 is 27.8 Å². The lowest BCUT2D eigenvalue weighted by atomic mass is 10.2. The van der Waals surface area contributed by atoms with E-state index in [4.69, 9.17) is 0 Å². The topological polar surface area (TPSA) is 15.6 Å². The molecule has 0 amide bonds. The monoisotopic (exact) mass is 318 g/mol. The van der Waals surface area contributed by atoms with Crippen molar-refractivity contribution in [3.05, 3.63) is 62.8 Å². The van der Waals surface area contributed by atoms with Gasteiger partial charge in [0, 0.05) is 16.4 Å². The highest BCUT2D eigenvalue weighted by molar-refractivity contribution is 9.10. The summed E-state index contributed by atoms with van der Waals surface area (Å²) in [6.45, 7) is 2.54. The van der Waals surface area contributed by atoms with Crippen LogP contribution in [0, 0.1) is 12.7 Å². The van der Waals surface area contributed by atoms with Gasteiger partial charge >= 0.3 is 0 Å². The molecule has 96 valence electrons. The van der Waals surface area contributed by atoms with E-state index in [1.807, 2.05) is 42.3 Å². The Bertz CT molecular complexity index is 755. The molecule has 0 bridgehead atoms. The Labute approximate surface area is 119 Å². The number of anilines is 1. The Hall–Kier alpha value is -1.68. The number of fused-ring (bicyclic) bond motifs is 1. The normalized spacial score (nSPS) is 13.5. The minimum Gasteiger partial charge on any atom is -0.327 e. The Morgan fingerprint density at radius 1 is 1.21 bits per heavy atom. The zero-order valence-corrected chi connectivity index (χ0v) is 12.0. The van der Waals surface area contributed by atoms with Crippen LogP contribution in [0.2, 0.25) is 0 Å². The molecule has 2 nitrogen and oxygen atoms in total. The molecule has 0 fully saturated rings. The third-order valence-electron chi connectivity index (χ3n) is 3.26. The molecule has 0 radical (unpaired) electrons. The van der Waals surface area contributed by atoms with Crippen molar-refractivity contribution in [1.29, 1.82) is 0 Å². The number of hydrogen-bond acceptors (Lipinski definition) is 2. The first-order valence-electron chi connectivity index (χ1n) is 5.99. The zero-order chi connectivity index (χ0) is 13.4. The average molecular weight is 319 g/mol. The van der Waals surface area contributed by atoms with E-state index in [0.29, 0.717) is 17.2 Å². The summed E-state index contributed by atoms with van der Waals surface area (Å²) in [5.74, 6) is -0.237. The van der Waals surface area contributed by atoms with Crippen LogP contribution in [-0.4, -0.2) is 6.67 Å². The smallest absolute Gasteiger partial charge is 0.134 e. The summed E-state index contributed by atoms with van der Waals surface area (Å²) in [6, 6.07) is 11.0. The minimum atomic E-state index is -0.237. The van der Waals surface area contributed by atoms with Gasteiger partial charge in [-0.2, -0.15) is 0 Å². The quantitative estimate of drug-likeness (QED) is 0.789. The molecule has 0 aliphatic carbocycles. The molecule has 19 heavy (non-hydrogen) atoms. The molecule has 1 aliphatic heterocycles. The summed E-state index contributed by atoms with van der Waals surface area (Å²) in [6.07, 6.45) is 1.83. The highest BCUT2D eigenvalue weighted by atomic mass is 79.9. The van der Waals surface area contributed by atoms with Gasteiger partial charge in [-0.15, -0.1) is 0 Å². The Morgan fingerprint density at radius 3 is 2.84 bits per heavy atom. The fourth-order valence-electron chi connectivity index (χ4n) is 2.19. The first-order chi connectivity index (χ1) is 9.16. The first-order valence-corrected chi connectivity index (χ1v) is 6.79. The van der Waals surface area contributed by atoms with E-state index in [0.717, 1.165) is 15.7 Å². The summed E-state index contributed by atoms with van der Waals surface area (Å²) < 4.78 is 14.9. The molecule has 3 rings (SSSR count). The summed E-state index contributed by atoms with van der Waals surface area (Å²) >= 11 is 3.51. The van der Waals surface area contributed by atoms with Crippen molar-refractivity contribution in [1.82, 2.24) is 0 Å². The van der Waals surface area contributed by atoms with E-state index in [2.05, 4.69) is 20.9 Å². The standard InChI is InChI=1S/C15H12BrFN2/c1-10-12(16)4-2-7-15(10)19-8-11-13(17)5-3-6-14(11)18-9-19/h2-8H,9H2,1H3. The van der Waals surface area contributed by atoms with E-state index >= 15 is 0 Å². The molecule has 0 atom stereocenters. The van der Waals surface area contributed by atoms with Crippen molar-refractivity contribution < 1.29 is 4.39 Å². The van der Waals surface area contributed by atoms with Crippen LogP contribution in [0.5, 0.6) is 0 Å². The van der Waals surface area contributed by atoms with Crippen LogP contribution >= 0.6 is 15.9 Å². The largest absolute Gasteiger partial charge is 0.327 e. The molecule has 0 aromatic heterocycles. The lowest BCUT2D eigenvalue weighted by molar-refractivity contribution is 0.613. The summed E-state index contributed by atoms with van der Waals surface area (Å²) in [7, 11) is 0. The molecule has 1 heterocycles. The van der Waals surface area contributed by atoms with Gasteiger partial charge in [-0.3, -0.25) is 4.99 Å². The lowest BCUT2D eigenvalue weighted by Crippen LogP contribution is -2.38. The molecule has 0 unspecified atom stereocenters. The van der Waals surface area contributed by atoms with E-state index in [-0.39, 0.29) is 5.82 Å². The number of benzene rings is 2. The highest BCUT2D eigenvalue weighted by Crippen LogP contribution is 2.27. The van der Waals surface area contributed by atoms with Crippen LogP contribution in [-0.2, 0) is 0 Å². The second kappa shape index (κ2) is 4.78. The Balaban J connectivity index is 2.15. The Kier molecular flexibility index (Phi) is 3.11. The van der Waals surface area contributed by atoms with Crippen molar-refractivity contribution in [2.45, 2.75) is 6.92 Å². The van der Waals surface area contributed by atoms with Crippen molar-refractivity contribution in [2.24, 2.45) is 4.99 Å². The summed E-state index contributed by atoms with van der Waals surface area (Å²) in [5.41, 5.74) is 2.15. The molecule has 2 aromatic rings. The minimum absolute atomic E-state index is 0.237. The second-order valence-electron chi connectivity index (χ2n) is 4.46. The number of rotatable bonds is 1. The van der Waals surface area contributed by atoms with Gasteiger partial charge in [0.2, 0.25) is 0 Å². The van der Waals surface area contributed by atoms with Crippen LogP contribution in [0.3, 0.4) is 0 Å². The van der Waals surface area contributed by atoms with Gasteiger partial charge in [-0.25, -0.2) is 4.39 Å². The molecule has 1 aliphatic rings. The number of hydrogen-bond donors (Lipinski definition) is 0. The molecule has 0 spiro atoms. The molecular formula is C15H12BrFN2. The number of halogens is 2. The SMILES string of the molecule is Cc1c(Br)cccc1N1C=c2c(F)cccc2=NC1. The maximum absolute atomic E-state index is 13.8. The lowest BCUT2D eigenvalue weighted by Gasteiger charge is -2.23. The van der Waals surface area contributed by atoms with E-state index in [9.17, 15) is 4.39 Å². The molecule has 0 saturated carbocycles. The molecule has 4 heteroatoms. The third kappa shape index (κ3) is 2.16. The van der Waals surface area contributed by atoms with Crippen LogP contribution < -0.4 is 15.5 Å². The van der Waals surface area contributed by atoms with E-state index in [1.54, 1.807) is 6.07 Å². The maximum Gasteiger partial charge on any atom is 0.134 e. The summed E-state index contributed by atoms with van der Waals surface area (Å²) in [5, 5.41) is 1.26. The first kappa shape index (κ1) is 12.4. The van der Waals surface area contributed by atoms with Crippen molar-refractivity contribution in [3.8, 4) is 0 Å². The molecule has 0 saturated heterocycles. The van der Waals surface area contributed by atoms with Crippen LogP contribution in [0.1, 0.15) is 5.56 Å². The van der Waals surface area contributed by atoms with Gasteiger partial charge in [0.15, 0.2) is 0 Å². The maximum atomic E-state index is 13.8. The molecule has 0 N–H and O–H groups in total. The number of nitrogens with zero attached hydrogens (tertiary/aromatic N) is 2.